The van der Waals surface area contributed by atoms with Crippen molar-refractivity contribution < 1.29 is 20.4 Å². The van der Waals surface area contributed by atoms with Crippen LogP contribution in [0.2, 0.25) is 0 Å². The van der Waals surface area contributed by atoms with E-state index in [0.717, 1.165) is 0 Å². The van der Waals surface area contributed by atoms with Crippen molar-refractivity contribution in [2.24, 2.45) is 0 Å². The zero-order valence-electron chi connectivity index (χ0n) is 9.41. The first kappa shape index (κ1) is 15.6. The van der Waals surface area contributed by atoms with Crippen molar-refractivity contribution in [3.8, 4) is 23.0 Å². The Hall–Kier alpha value is -1.36. The SMILES string of the molecule is Oc1ccccc1O.Oc1ccccc1O.[Na]. The van der Waals surface area contributed by atoms with E-state index in [-0.39, 0.29) is 52.6 Å². The largest absolute Gasteiger partial charge is 0.504 e. The van der Waals surface area contributed by atoms with E-state index in [0.29, 0.717) is 0 Å². The van der Waals surface area contributed by atoms with Gasteiger partial charge in [-0.25, -0.2) is 0 Å². The Kier molecular flexibility index (Phi) is 7.21. The summed E-state index contributed by atoms with van der Waals surface area (Å²) in [6, 6.07) is 12.3. The third-order valence-corrected chi connectivity index (χ3v) is 1.76. The van der Waals surface area contributed by atoms with Crippen molar-refractivity contribution in [3.63, 3.8) is 0 Å². The number of aromatic hydroxyl groups is 4. The van der Waals surface area contributed by atoms with E-state index in [1.165, 1.54) is 24.3 Å². The number of benzene rings is 2. The van der Waals surface area contributed by atoms with Gasteiger partial charge >= 0.3 is 0 Å². The van der Waals surface area contributed by atoms with Crippen LogP contribution in [0.3, 0.4) is 0 Å². The van der Waals surface area contributed by atoms with E-state index in [1.807, 2.05) is 0 Å². The van der Waals surface area contributed by atoms with E-state index in [9.17, 15) is 0 Å². The second-order valence-electron chi connectivity index (χ2n) is 2.98. The van der Waals surface area contributed by atoms with Crippen LogP contribution in [0.5, 0.6) is 23.0 Å². The average Bonchev–Trinajstić information content (AvgIpc) is 2.28. The number of phenols is 4. The summed E-state index contributed by atoms with van der Waals surface area (Å²) in [6.45, 7) is 0. The number of hydrogen-bond acceptors (Lipinski definition) is 4. The number of phenolic OH excluding ortho intramolecular Hbond substituents is 4. The first-order valence-corrected chi connectivity index (χ1v) is 4.55. The Labute approximate surface area is 121 Å². The van der Waals surface area contributed by atoms with Gasteiger partial charge < -0.3 is 20.4 Å². The Balaban J connectivity index is 0.000000284. The van der Waals surface area contributed by atoms with E-state index in [4.69, 9.17) is 20.4 Å². The molecule has 85 valence electrons. The van der Waals surface area contributed by atoms with Gasteiger partial charge in [0.25, 0.3) is 0 Å². The molecule has 4 nitrogen and oxygen atoms in total. The zero-order valence-corrected chi connectivity index (χ0v) is 11.4. The Morgan fingerprint density at radius 2 is 0.647 bits per heavy atom. The van der Waals surface area contributed by atoms with E-state index in [2.05, 4.69) is 0 Å². The minimum absolute atomic E-state index is 0. The summed E-state index contributed by atoms with van der Waals surface area (Å²) >= 11 is 0. The molecule has 0 heterocycles. The number of rotatable bonds is 0. The molecule has 0 bridgehead atoms. The van der Waals surface area contributed by atoms with Crippen molar-refractivity contribution >= 4 is 29.6 Å². The molecule has 0 spiro atoms. The smallest absolute Gasteiger partial charge is 0.157 e. The minimum Gasteiger partial charge on any atom is -0.504 e. The molecule has 2 aromatic carbocycles. The first-order valence-electron chi connectivity index (χ1n) is 4.55. The molecule has 0 amide bonds. The van der Waals surface area contributed by atoms with Crippen LogP contribution < -0.4 is 0 Å². The topological polar surface area (TPSA) is 80.9 Å². The minimum atomic E-state index is -0.0764. The fourth-order valence-electron chi connectivity index (χ4n) is 0.928. The van der Waals surface area contributed by atoms with Crippen molar-refractivity contribution in [2.45, 2.75) is 0 Å². The normalized spacial score (nSPS) is 8.47. The summed E-state index contributed by atoms with van der Waals surface area (Å²) in [4.78, 5) is 0. The van der Waals surface area contributed by atoms with Crippen LogP contribution in [0, 0.1) is 0 Å². The molecule has 1 radical (unpaired) electrons. The molecule has 0 atom stereocenters. The van der Waals surface area contributed by atoms with Gasteiger partial charge in [-0.15, -0.1) is 0 Å². The second-order valence-corrected chi connectivity index (χ2v) is 2.98. The molecule has 5 heteroatoms. The molecule has 0 saturated heterocycles. The van der Waals surface area contributed by atoms with Gasteiger partial charge in [0.05, 0.1) is 0 Å². The van der Waals surface area contributed by atoms with Crippen LogP contribution in [0.4, 0.5) is 0 Å². The maximum atomic E-state index is 8.67. The van der Waals surface area contributed by atoms with E-state index in [1.54, 1.807) is 24.3 Å². The molecule has 0 aliphatic rings. The molecule has 17 heavy (non-hydrogen) atoms. The van der Waals surface area contributed by atoms with Gasteiger partial charge in [0, 0.05) is 29.6 Å². The van der Waals surface area contributed by atoms with Crippen LogP contribution in [0.25, 0.3) is 0 Å². The van der Waals surface area contributed by atoms with Crippen molar-refractivity contribution in [1.29, 1.82) is 0 Å². The van der Waals surface area contributed by atoms with Crippen LogP contribution in [-0.2, 0) is 0 Å². The average molecular weight is 243 g/mol. The van der Waals surface area contributed by atoms with Gasteiger partial charge in [0.2, 0.25) is 0 Å². The Morgan fingerprint density at radius 3 is 0.765 bits per heavy atom. The van der Waals surface area contributed by atoms with Crippen molar-refractivity contribution in [1.82, 2.24) is 0 Å². The molecule has 2 rings (SSSR count). The van der Waals surface area contributed by atoms with Gasteiger partial charge in [-0.3, -0.25) is 0 Å². The Bertz CT molecular complexity index is 374. The maximum Gasteiger partial charge on any atom is 0.157 e. The summed E-state index contributed by atoms with van der Waals surface area (Å²) in [7, 11) is 0. The van der Waals surface area contributed by atoms with Gasteiger partial charge in [-0.1, -0.05) is 24.3 Å². The van der Waals surface area contributed by atoms with Crippen LogP contribution in [0.15, 0.2) is 48.5 Å². The molecule has 0 unspecified atom stereocenters. The predicted octanol–water partition coefficient (Wildman–Crippen LogP) is 1.81. The molecular weight excluding hydrogens is 231 g/mol. The van der Waals surface area contributed by atoms with Crippen molar-refractivity contribution in [3.05, 3.63) is 48.5 Å². The quantitative estimate of drug-likeness (QED) is 0.420. The molecule has 0 fully saturated rings. The third-order valence-electron chi connectivity index (χ3n) is 1.76. The van der Waals surface area contributed by atoms with E-state index >= 15 is 0 Å². The molecule has 0 aliphatic carbocycles. The molecule has 0 saturated carbocycles. The molecule has 2 aromatic rings. The van der Waals surface area contributed by atoms with Gasteiger partial charge in [-0.05, 0) is 24.3 Å². The fourth-order valence-corrected chi connectivity index (χ4v) is 0.928. The van der Waals surface area contributed by atoms with Gasteiger partial charge in [0.1, 0.15) is 0 Å². The van der Waals surface area contributed by atoms with Crippen molar-refractivity contribution in [2.75, 3.05) is 0 Å². The predicted molar refractivity (Wildman–Crippen MR) is 65.3 cm³/mol. The zero-order chi connectivity index (χ0) is 12.0. The first-order chi connectivity index (χ1) is 7.61. The van der Waals surface area contributed by atoms with Crippen LogP contribution >= 0.6 is 0 Å². The number of hydrogen-bond donors (Lipinski definition) is 4. The maximum absolute atomic E-state index is 8.67. The summed E-state index contributed by atoms with van der Waals surface area (Å²) in [5.41, 5.74) is 0. The molecular formula is C12H12NaO4. The number of para-hydroxylation sites is 4. The molecule has 0 aliphatic heterocycles. The fraction of sp³-hybridized carbons (Fsp3) is 0. The van der Waals surface area contributed by atoms with Crippen LogP contribution in [0.1, 0.15) is 0 Å². The van der Waals surface area contributed by atoms with Gasteiger partial charge in [-0.2, -0.15) is 0 Å². The standard InChI is InChI=1S/2C6H6O2.Na/c2*7-5-3-1-2-4-6(5)8;/h2*1-4,7-8H;. The second kappa shape index (κ2) is 7.84. The summed E-state index contributed by atoms with van der Waals surface area (Å²) in [5, 5.41) is 34.7. The Morgan fingerprint density at radius 1 is 0.471 bits per heavy atom. The van der Waals surface area contributed by atoms with Gasteiger partial charge in [0.15, 0.2) is 23.0 Å². The van der Waals surface area contributed by atoms with Crippen LogP contribution in [-0.4, -0.2) is 50.0 Å². The monoisotopic (exact) mass is 243 g/mol. The molecule has 4 N–H and O–H groups in total. The molecule has 0 aromatic heterocycles. The third kappa shape index (κ3) is 5.49. The summed E-state index contributed by atoms with van der Waals surface area (Å²) in [5.74, 6) is -0.306. The summed E-state index contributed by atoms with van der Waals surface area (Å²) in [6.07, 6.45) is 0. The summed E-state index contributed by atoms with van der Waals surface area (Å²) < 4.78 is 0. The van der Waals surface area contributed by atoms with E-state index < -0.39 is 0 Å².